The summed E-state index contributed by atoms with van der Waals surface area (Å²) in [6.07, 6.45) is 6.89. The van der Waals surface area contributed by atoms with Gasteiger partial charge in [0.2, 0.25) is 5.91 Å². The van der Waals surface area contributed by atoms with E-state index >= 15 is 0 Å². The van der Waals surface area contributed by atoms with Gasteiger partial charge in [0.25, 0.3) is 0 Å². The van der Waals surface area contributed by atoms with E-state index in [0.717, 1.165) is 42.9 Å². The van der Waals surface area contributed by atoms with Crippen molar-refractivity contribution in [2.24, 2.45) is 5.92 Å². The van der Waals surface area contributed by atoms with Gasteiger partial charge in [-0.1, -0.05) is 6.92 Å². The standard InChI is InChI=1S/C19H24N2O2/c1-14-9-12-21(17(13-14)18-5-3-15(2)23-18)19(22)6-4-16-7-10-20-11-8-16/h3,5,7-8,10-11,14,17H,4,6,9,12-13H2,1-2H3/t14-,17+/m1/s1. The number of nitrogens with zero attached hydrogens (tertiary/aromatic N) is 2. The Kier molecular flexibility index (Phi) is 4.79. The van der Waals surface area contributed by atoms with Gasteiger partial charge in [-0.2, -0.15) is 0 Å². The van der Waals surface area contributed by atoms with Crippen molar-refractivity contribution in [3.63, 3.8) is 0 Å². The smallest absolute Gasteiger partial charge is 0.223 e. The second-order valence-electron chi connectivity index (χ2n) is 6.54. The largest absolute Gasteiger partial charge is 0.464 e. The molecule has 4 heteroatoms. The Bertz CT molecular complexity index is 650. The first-order valence-electron chi connectivity index (χ1n) is 8.38. The zero-order valence-corrected chi connectivity index (χ0v) is 13.9. The summed E-state index contributed by atoms with van der Waals surface area (Å²) in [5, 5.41) is 0. The van der Waals surface area contributed by atoms with Gasteiger partial charge in [0, 0.05) is 25.4 Å². The number of carbonyl (C=O) groups is 1. The molecule has 0 radical (unpaired) electrons. The van der Waals surface area contributed by atoms with Crippen molar-refractivity contribution in [3.05, 3.63) is 53.7 Å². The molecule has 0 saturated carbocycles. The fraction of sp³-hybridized carbons (Fsp3) is 0.474. The van der Waals surface area contributed by atoms with Gasteiger partial charge in [-0.3, -0.25) is 9.78 Å². The van der Waals surface area contributed by atoms with Crippen LogP contribution in [0.1, 0.15) is 49.3 Å². The maximum Gasteiger partial charge on any atom is 0.223 e. The van der Waals surface area contributed by atoms with E-state index in [-0.39, 0.29) is 11.9 Å². The Morgan fingerprint density at radius 3 is 2.78 bits per heavy atom. The predicted molar refractivity (Wildman–Crippen MR) is 88.9 cm³/mol. The van der Waals surface area contributed by atoms with E-state index in [2.05, 4.69) is 11.9 Å². The maximum atomic E-state index is 12.7. The number of piperidine rings is 1. The molecule has 2 aromatic heterocycles. The minimum Gasteiger partial charge on any atom is -0.464 e. The summed E-state index contributed by atoms with van der Waals surface area (Å²) in [6.45, 7) is 5.02. The number of aromatic nitrogens is 1. The molecule has 23 heavy (non-hydrogen) atoms. The van der Waals surface area contributed by atoms with Crippen molar-refractivity contribution in [1.29, 1.82) is 0 Å². The van der Waals surface area contributed by atoms with Crippen LogP contribution in [0.3, 0.4) is 0 Å². The van der Waals surface area contributed by atoms with Crippen molar-refractivity contribution < 1.29 is 9.21 Å². The van der Waals surface area contributed by atoms with Gasteiger partial charge in [-0.25, -0.2) is 0 Å². The average molecular weight is 312 g/mol. The lowest BCUT2D eigenvalue weighted by atomic mass is 9.90. The zero-order chi connectivity index (χ0) is 16.2. The quantitative estimate of drug-likeness (QED) is 0.859. The van der Waals surface area contributed by atoms with E-state index in [1.807, 2.05) is 36.1 Å². The SMILES string of the molecule is Cc1ccc([C@@H]2C[C@H](C)CCN2C(=O)CCc2ccncc2)o1. The van der Waals surface area contributed by atoms with Crippen LogP contribution in [0.2, 0.25) is 0 Å². The van der Waals surface area contributed by atoms with E-state index in [9.17, 15) is 4.79 Å². The molecular formula is C19H24N2O2. The monoisotopic (exact) mass is 312 g/mol. The van der Waals surface area contributed by atoms with Crippen LogP contribution in [0.5, 0.6) is 0 Å². The van der Waals surface area contributed by atoms with Gasteiger partial charge >= 0.3 is 0 Å². The predicted octanol–water partition coefficient (Wildman–Crippen LogP) is 3.92. The van der Waals surface area contributed by atoms with E-state index in [1.54, 1.807) is 12.4 Å². The third-order valence-electron chi connectivity index (χ3n) is 4.65. The molecule has 0 bridgehead atoms. The highest BCUT2D eigenvalue weighted by Gasteiger charge is 2.32. The minimum absolute atomic E-state index is 0.0809. The van der Waals surface area contributed by atoms with E-state index in [0.29, 0.717) is 12.3 Å². The molecule has 1 saturated heterocycles. The molecule has 1 amide bonds. The molecule has 0 spiro atoms. The third kappa shape index (κ3) is 3.81. The van der Waals surface area contributed by atoms with E-state index < -0.39 is 0 Å². The minimum atomic E-state index is 0.0809. The number of hydrogen-bond acceptors (Lipinski definition) is 3. The highest BCUT2D eigenvalue weighted by molar-refractivity contribution is 5.77. The first kappa shape index (κ1) is 15.8. The van der Waals surface area contributed by atoms with Crippen molar-refractivity contribution >= 4 is 5.91 Å². The molecule has 3 heterocycles. The summed E-state index contributed by atoms with van der Waals surface area (Å²) in [5.41, 5.74) is 1.16. The second kappa shape index (κ2) is 6.99. The van der Waals surface area contributed by atoms with Gasteiger partial charge in [0.1, 0.15) is 11.5 Å². The van der Waals surface area contributed by atoms with Crippen LogP contribution in [-0.2, 0) is 11.2 Å². The normalized spacial score (nSPS) is 21.4. The van der Waals surface area contributed by atoms with Gasteiger partial charge < -0.3 is 9.32 Å². The molecule has 0 aliphatic carbocycles. The van der Waals surface area contributed by atoms with Crippen molar-refractivity contribution in [1.82, 2.24) is 9.88 Å². The van der Waals surface area contributed by atoms with Crippen LogP contribution in [0.4, 0.5) is 0 Å². The van der Waals surface area contributed by atoms with Crippen LogP contribution in [-0.4, -0.2) is 22.3 Å². The number of carbonyl (C=O) groups excluding carboxylic acids is 1. The van der Waals surface area contributed by atoms with Crippen molar-refractivity contribution in [2.45, 2.75) is 45.6 Å². The van der Waals surface area contributed by atoms with Crippen LogP contribution in [0.25, 0.3) is 0 Å². The lowest BCUT2D eigenvalue weighted by Gasteiger charge is -2.37. The molecule has 2 atom stereocenters. The lowest BCUT2D eigenvalue weighted by molar-refractivity contribution is -0.136. The highest BCUT2D eigenvalue weighted by atomic mass is 16.3. The molecule has 1 fully saturated rings. The summed E-state index contributed by atoms with van der Waals surface area (Å²) >= 11 is 0. The van der Waals surface area contributed by atoms with Crippen LogP contribution in [0.15, 0.2) is 41.1 Å². The first-order chi connectivity index (χ1) is 11.1. The summed E-state index contributed by atoms with van der Waals surface area (Å²) in [7, 11) is 0. The number of hydrogen-bond donors (Lipinski definition) is 0. The summed E-state index contributed by atoms with van der Waals surface area (Å²) in [5.74, 6) is 2.66. The van der Waals surface area contributed by atoms with E-state index in [1.165, 1.54) is 0 Å². The Morgan fingerprint density at radius 2 is 2.09 bits per heavy atom. The molecule has 0 unspecified atom stereocenters. The molecule has 4 nitrogen and oxygen atoms in total. The summed E-state index contributed by atoms with van der Waals surface area (Å²) in [4.78, 5) is 18.8. The Hall–Kier alpha value is -2.10. The molecule has 0 aromatic carbocycles. The third-order valence-corrected chi connectivity index (χ3v) is 4.65. The summed E-state index contributed by atoms with van der Waals surface area (Å²) < 4.78 is 5.81. The molecule has 0 N–H and O–H groups in total. The molecule has 2 aromatic rings. The first-order valence-corrected chi connectivity index (χ1v) is 8.38. The highest BCUT2D eigenvalue weighted by Crippen LogP contribution is 2.35. The fourth-order valence-electron chi connectivity index (χ4n) is 3.29. The van der Waals surface area contributed by atoms with E-state index in [4.69, 9.17) is 4.42 Å². The van der Waals surface area contributed by atoms with Crippen LogP contribution in [0, 0.1) is 12.8 Å². The van der Waals surface area contributed by atoms with Gasteiger partial charge in [0.15, 0.2) is 0 Å². The average Bonchev–Trinajstić information content (AvgIpc) is 3.00. The van der Waals surface area contributed by atoms with Gasteiger partial charge in [0.05, 0.1) is 6.04 Å². The van der Waals surface area contributed by atoms with Crippen LogP contribution < -0.4 is 0 Å². The Labute approximate surface area is 137 Å². The Morgan fingerprint density at radius 1 is 1.30 bits per heavy atom. The maximum absolute atomic E-state index is 12.7. The lowest BCUT2D eigenvalue weighted by Crippen LogP contribution is -2.40. The Balaban J connectivity index is 1.69. The molecular weight excluding hydrogens is 288 g/mol. The number of amides is 1. The topological polar surface area (TPSA) is 46.3 Å². The fourth-order valence-corrected chi connectivity index (χ4v) is 3.29. The van der Waals surface area contributed by atoms with Gasteiger partial charge in [-0.05, 0) is 61.9 Å². The molecule has 1 aliphatic rings. The number of furan rings is 1. The molecule has 122 valence electrons. The zero-order valence-electron chi connectivity index (χ0n) is 13.9. The number of likely N-dealkylation sites (tertiary alicyclic amines) is 1. The number of pyridine rings is 1. The van der Waals surface area contributed by atoms with Gasteiger partial charge in [-0.15, -0.1) is 0 Å². The summed E-state index contributed by atoms with van der Waals surface area (Å²) in [6, 6.07) is 8.02. The molecule has 3 rings (SSSR count). The van der Waals surface area contributed by atoms with Crippen molar-refractivity contribution in [3.8, 4) is 0 Å². The van der Waals surface area contributed by atoms with Crippen LogP contribution >= 0.6 is 0 Å². The molecule has 1 aliphatic heterocycles. The number of rotatable bonds is 4. The second-order valence-corrected chi connectivity index (χ2v) is 6.54. The number of aryl methyl sites for hydroxylation is 2. The van der Waals surface area contributed by atoms with Crippen molar-refractivity contribution in [2.75, 3.05) is 6.54 Å².